The minimum absolute atomic E-state index is 0.0378. The number of para-hydroxylation sites is 2. The number of pyridine rings is 1. The molecule has 0 N–H and O–H groups in total. The molecule has 0 bridgehead atoms. The molecule has 4 rings (SSSR count). The molecule has 0 spiro atoms. The molecule has 1 amide bonds. The summed E-state index contributed by atoms with van der Waals surface area (Å²) < 4.78 is 15.6. The van der Waals surface area contributed by atoms with Crippen LogP contribution in [-0.2, 0) is 17.9 Å². The summed E-state index contributed by atoms with van der Waals surface area (Å²) in [5.74, 6) is -0.407. The van der Waals surface area contributed by atoms with Gasteiger partial charge in [0, 0.05) is 30.4 Å². The fourth-order valence-electron chi connectivity index (χ4n) is 3.95. The van der Waals surface area contributed by atoms with E-state index in [4.69, 9.17) is 0 Å². The molecular formula is C26H26FN3O2. The molecule has 0 fully saturated rings. The van der Waals surface area contributed by atoms with Crippen molar-refractivity contribution in [3.05, 3.63) is 94.4 Å². The summed E-state index contributed by atoms with van der Waals surface area (Å²) in [6, 6.07) is 21.1. The van der Waals surface area contributed by atoms with Gasteiger partial charge in [0.2, 0.25) is 5.91 Å². The summed E-state index contributed by atoms with van der Waals surface area (Å²) in [5, 5.41) is 1.17. The topological polar surface area (TPSA) is 45.5 Å². The highest BCUT2D eigenvalue weighted by molar-refractivity contribution is 5.94. The number of hydrogen-bond donors (Lipinski definition) is 0. The fraction of sp³-hybridized carbons (Fsp3) is 0.231. The van der Waals surface area contributed by atoms with E-state index < -0.39 is 0 Å². The van der Waals surface area contributed by atoms with E-state index in [0.717, 1.165) is 16.6 Å². The average Bonchev–Trinajstić information content (AvgIpc) is 2.79. The SMILES string of the molecule is CN(C)CCN(Cc1cccc(F)c1)C(=O)Cn1c2ccccc2c(=O)c2ccccc21. The second kappa shape index (κ2) is 9.32. The molecule has 3 aromatic carbocycles. The van der Waals surface area contributed by atoms with Crippen molar-refractivity contribution in [1.29, 1.82) is 0 Å². The van der Waals surface area contributed by atoms with E-state index in [-0.39, 0.29) is 23.7 Å². The maximum absolute atomic E-state index is 13.7. The van der Waals surface area contributed by atoms with Gasteiger partial charge in [-0.2, -0.15) is 0 Å². The van der Waals surface area contributed by atoms with E-state index in [9.17, 15) is 14.0 Å². The minimum atomic E-state index is -0.320. The number of aromatic nitrogens is 1. The quantitative estimate of drug-likeness (QED) is 0.417. The third-order valence-electron chi connectivity index (χ3n) is 5.60. The molecule has 1 heterocycles. The predicted molar refractivity (Wildman–Crippen MR) is 126 cm³/mol. The number of halogens is 1. The van der Waals surface area contributed by atoms with Gasteiger partial charge in [-0.15, -0.1) is 0 Å². The van der Waals surface area contributed by atoms with E-state index in [1.807, 2.05) is 66.0 Å². The number of carbonyl (C=O) groups excluding carboxylic acids is 1. The van der Waals surface area contributed by atoms with E-state index >= 15 is 0 Å². The summed E-state index contributed by atoms with van der Waals surface area (Å²) in [6.07, 6.45) is 0. The predicted octanol–water partition coefficient (Wildman–Crippen LogP) is 3.88. The maximum Gasteiger partial charge on any atom is 0.242 e. The number of hydrogen-bond acceptors (Lipinski definition) is 3. The Bertz CT molecular complexity index is 1270. The number of carbonyl (C=O) groups is 1. The number of rotatable bonds is 7. The molecule has 4 aromatic rings. The van der Waals surface area contributed by atoms with Crippen LogP contribution in [0, 0.1) is 5.82 Å². The van der Waals surface area contributed by atoms with Gasteiger partial charge >= 0.3 is 0 Å². The Kier molecular flexibility index (Phi) is 6.32. The first-order valence-electron chi connectivity index (χ1n) is 10.6. The van der Waals surface area contributed by atoms with E-state index in [1.165, 1.54) is 12.1 Å². The molecule has 0 saturated carbocycles. The van der Waals surface area contributed by atoms with E-state index in [1.54, 1.807) is 23.1 Å². The van der Waals surface area contributed by atoms with Gasteiger partial charge in [-0.25, -0.2) is 4.39 Å². The normalized spacial score (nSPS) is 11.4. The highest BCUT2D eigenvalue weighted by Gasteiger charge is 2.18. The zero-order chi connectivity index (χ0) is 22.7. The van der Waals surface area contributed by atoms with Gasteiger partial charge in [0.05, 0.1) is 11.0 Å². The summed E-state index contributed by atoms with van der Waals surface area (Å²) in [7, 11) is 3.90. The lowest BCUT2D eigenvalue weighted by molar-refractivity contribution is -0.132. The molecule has 32 heavy (non-hydrogen) atoms. The largest absolute Gasteiger partial charge is 0.336 e. The highest BCUT2D eigenvalue weighted by atomic mass is 19.1. The third-order valence-corrected chi connectivity index (χ3v) is 5.60. The lowest BCUT2D eigenvalue weighted by atomic mass is 10.1. The van der Waals surface area contributed by atoms with Gasteiger partial charge in [0.15, 0.2) is 5.43 Å². The van der Waals surface area contributed by atoms with Gasteiger partial charge in [-0.1, -0.05) is 36.4 Å². The molecule has 0 aliphatic heterocycles. The molecule has 0 unspecified atom stereocenters. The van der Waals surface area contributed by atoms with Crippen molar-refractivity contribution < 1.29 is 9.18 Å². The Labute approximate surface area is 186 Å². The minimum Gasteiger partial charge on any atom is -0.336 e. The van der Waals surface area contributed by atoms with Crippen molar-refractivity contribution in [3.63, 3.8) is 0 Å². The Morgan fingerprint density at radius 1 is 0.875 bits per heavy atom. The van der Waals surface area contributed by atoms with E-state index in [2.05, 4.69) is 0 Å². The van der Waals surface area contributed by atoms with Crippen LogP contribution in [0.4, 0.5) is 4.39 Å². The van der Waals surface area contributed by atoms with Crippen molar-refractivity contribution in [2.75, 3.05) is 27.2 Å². The Balaban J connectivity index is 1.74. The summed E-state index contributed by atoms with van der Waals surface area (Å²) in [6.45, 7) is 1.61. The first kappa shape index (κ1) is 21.7. The highest BCUT2D eigenvalue weighted by Crippen LogP contribution is 2.20. The van der Waals surface area contributed by atoms with Crippen LogP contribution in [0.15, 0.2) is 77.6 Å². The zero-order valence-electron chi connectivity index (χ0n) is 18.3. The Morgan fingerprint density at radius 3 is 2.09 bits per heavy atom. The van der Waals surface area contributed by atoms with Crippen molar-refractivity contribution in [2.24, 2.45) is 0 Å². The van der Waals surface area contributed by atoms with Crippen molar-refractivity contribution in [3.8, 4) is 0 Å². The molecule has 0 atom stereocenters. The monoisotopic (exact) mass is 431 g/mol. The maximum atomic E-state index is 13.7. The first-order valence-corrected chi connectivity index (χ1v) is 10.6. The second-order valence-corrected chi connectivity index (χ2v) is 8.20. The van der Waals surface area contributed by atoms with Gasteiger partial charge < -0.3 is 14.4 Å². The smallest absolute Gasteiger partial charge is 0.242 e. The van der Waals surface area contributed by atoms with E-state index in [0.29, 0.717) is 30.4 Å². The second-order valence-electron chi connectivity index (χ2n) is 8.20. The number of amides is 1. The lowest BCUT2D eigenvalue weighted by Gasteiger charge is -2.26. The van der Waals surface area contributed by atoms with Gasteiger partial charge in [-0.3, -0.25) is 9.59 Å². The Hall–Kier alpha value is -3.51. The molecule has 0 saturated heterocycles. The van der Waals surface area contributed by atoms with Gasteiger partial charge in [0.1, 0.15) is 12.4 Å². The van der Waals surface area contributed by atoms with Crippen LogP contribution < -0.4 is 5.43 Å². The molecule has 0 radical (unpaired) electrons. The summed E-state index contributed by atoms with van der Waals surface area (Å²) >= 11 is 0. The molecular weight excluding hydrogens is 405 g/mol. The third kappa shape index (κ3) is 4.55. The first-order chi connectivity index (χ1) is 15.4. The molecule has 5 nitrogen and oxygen atoms in total. The van der Waals surface area contributed by atoms with Crippen molar-refractivity contribution in [2.45, 2.75) is 13.1 Å². The van der Waals surface area contributed by atoms with Crippen LogP contribution >= 0.6 is 0 Å². The van der Waals surface area contributed by atoms with Gasteiger partial charge in [-0.05, 0) is 56.1 Å². The zero-order valence-corrected chi connectivity index (χ0v) is 18.3. The van der Waals surface area contributed by atoms with Crippen LogP contribution in [0.2, 0.25) is 0 Å². The van der Waals surface area contributed by atoms with Crippen LogP contribution in [0.5, 0.6) is 0 Å². The van der Waals surface area contributed by atoms with Crippen LogP contribution in [0.25, 0.3) is 21.8 Å². The summed E-state index contributed by atoms with van der Waals surface area (Å²) in [5.41, 5.74) is 2.15. The van der Waals surface area contributed by atoms with Crippen molar-refractivity contribution in [1.82, 2.24) is 14.4 Å². The van der Waals surface area contributed by atoms with Crippen LogP contribution in [0.3, 0.4) is 0 Å². The standard InChI is InChI=1S/C26H26FN3O2/c1-28(2)14-15-29(17-19-8-7-9-20(27)16-19)25(31)18-30-23-12-5-3-10-21(23)26(32)22-11-4-6-13-24(22)30/h3-13,16H,14-15,17-18H2,1-2H3. The summed E-state index contributed by atoms with van der Waals surface area (Å²) in [4.78, 5) is 30.2. The fourth-order valence-corrected chi connectivity index (χ4v) is 3.95. The number of likely N-dealkylation sites (N-methyl/N-ethyl adjacent to an activating group) is 1. The molecule has 0 aliphatic carbocycles. The van der Waals surface area contributed by atoms with Gasteiger partial charge in [0.25, 0.3) is 0 Å². The number of fused-ring (bicyclic) bond motifs is 2. The van der Waals surface area contributed by atoms with Crippen molar-refractivity contribution >= 4 is 27.7 Å². The Morgan fingerprint density at radius 2 is 1.50 bits per heavy atom. The van der Waals surface area contributed by atoms with Crippen LogP contribution in [0.1, 0.15) is 5.56 Å². The number of nitrogens with zero attached hydrogens (tertiary/aromatic N) is 3. The molecule has 6 heteroatoms. The molecule has 0 aliphatic rings. The van der Waals surface area contributed by atoms with Crippen LogP contribution in [-0.4, -0.2) is 47.5 Å². The molecule has 1 aromatic heterocycles. The molecule has 164 valence electrons. The average molecular weight is 432 g/mol. The number of benzene rings is 3. The lowest BCUT2D eigenvalue weighted by Crippen LogP contribution is -2.38.